The second kappa shape index (κ2) is 10.4. The van der Waals surface area contributed by atoms with Crippen LogP contribution in [-0.4, -0.2) is 52.7 Å². The number of likely N-dealkylation sites (N-methyl/N-ethyl adjacent to an activating group) is 1. The fraction of sp³-hybridized carbons (Fsp3) is 0.333. The minimum atomic E-state index is -1.02. The maximum Gasteiger partial charge on any atom is 0.347 e. The first-order valence-electron chi connectivity index (χ1n) is 10.7. The van der Waals surface area contributed by atoms with Crippen LogP contribution in [0.3, 0.4) is 0 Å². The lowest BCUT2D eigenvalue weighted by atomic mass is 10.0. The van der Waals surface area contributed by atoms with Gasteiger partial charge in [-0.2, -0.15) is 0 Å². The number of halogens is 1. The van der Waals surface area contributed by atoms with E-state index in [1.807, 2.05) is 0 Å². The Hall–Kier alpha value is -3.79. The van der Waals surface area contributed by atoms with Crippen molar-refractivity contribution in [3.05, 3.63) is 63.9 Å². The van der Waals surface area contributed by atoms with Gasteiger partial charge in [0.15, 0.2) is 28.9 Å². The van der Waals surface area contributed by atoms with E-state index in [1.165, 1.54) is 29.0 Å². The highest BCUT2D eigenvalue weighted by molar-refractivity contribution is 6.00. The van der Waals surface area contributed by atoms with Gasteiger partial charge in [0.2, 0.25) is 0 Å². The summed E-state index contributed by atoms with van der Waals surface area (Å²) in [5, 5.41) is 13.5. The third-order valence-corrected chi connectivity index (χ3v) is 5.24. The minimum Gasteiger partial charge on any atom is -0.505 e. The fourth-order valence-electron chi connectivity index (χ4n) is 3.62. The summed E-state index contributed by atoms with van der Waals surface area (Å²) in [6.45, 7) is 6.87. The van der Waals surface area contributed by atoms with Crippen LogP contribution >= 0.6 is 0 Å². The Balaban J connectivity index is 2.20. The van der Waals surface area contributed by atoms with Crippen molar-refractivity contribution in [2.75, 3.05) is 20.2 Å². The molecule has 180 valence electrons. The third-order valence-electron chi connectivity index (χ3n) is 5.24. The second-order valence-corrected chi connectivity index (χ2v) is 7.61. The molecule has 1 aliphatic heterocycles. The number of carbonyl (C=O) groups is 2. The third kappa shape index (κ3) is 4.76. The zero-order chi connectivity index (χ0) is 25.0. The zero-order valence-corrected chi connectivity index (χ0v) is 19.2. The van der Waals surface area contributed by atoms with Crippen molar-refractivity contribution in [3.63, 3.8) is 0 Å². The first-order chi connectivity index (χ1) is 16.2. The van der Waals surface area contributed by atoms with E-state index in [0.717, 1.165) is 0 Å². The maximum atomic E-state index is 13.5. The molecule has 0 bridgehead atoms. The number of hydrogen-bond donors (Lipinski definition) is 2. The molecular weight excluding hydrogens is 445 g/mol. The highest BCUT2D eigenvalue weighted by atomic mass is 19.1. The molecule has 3 rings (SSSR count). The summed E-state index contributed by atoms with van der Waals surface area (Å²) in [7, 11) is 1.61. The lowest BCUT2D eigenvalue weighted by Gasteiger charge is -2.29. The maximum absolute atomic E-state index is 13.5. The molecule has 0 aromatic carbocycles. The summed E-state index contributed by atoms with van der Waals surface area (Å²) in [6.07, 6.45) is 4.60. The van der Waals surface area contributed by atoms with Crippen LogP contribution in [0.2, 0.25) is 0 Å². The van der Waals surface area contributed by atoms with Gasteiger partial charge in [0.05, 0.1) is 19.7 Å². The van der Waals surface area contributed by atoms with Gasteiger partial charge < -0.3 is 19.9 Å². The molecule has 2 aromatic rings. The van der Waals surface area contributed by atoms with Crippen LogP contribution in [0.4, 0.5) is 4.39 Å². The zero-order valence-electron chi connectivity index (χ0n) is 19.2. The molecule has 1 atom stereocenters. The first-order valence-corrected chi connectivity index (χ1v) is 10.7. The summed E-state index contributed by atoms with van der Waals surface area (Å²) in [6, 6.07) is 0. The van der Waals surface area contributed by atoms with Gasteiger partial charge >= 0.3 is 5.97 Å². The Morgan fingerprint density at radius 3 is 2.82 bits per heavy atom. The number of rotatable bonds is 9. The standard InChI is InChI=1S/C24H26FN3O6/c1-5-15(25)8-7-13(3)9-14-10-27-19-20-22(14)34-17(16(29)11-26-4)12-28(20)23(31)18(21(19)30)24(32)33-6-2/h5,7-8,10,17,26,30H,3,6,9,11-12H2,1-2,4H3/b8-7-,15-5+/t17-/m0/s1. The summed E-state index contributed by atoms with van der Waals surface area (Å²) in [4.78, 5) is 42.5. The van der Waals surface area contributed by atoms with Gasteiger partial charge in [0, 0.05) is 18.2 Å². The monoisotopic (exact) mass is 471 g/mol. The topological polar surface area (TPSA) is 120 Å². The molecular formula is C24H26FN3O6. The number of esters is 1. The second-order valence-electron chi connectivity index (χ2n) is 7.61. The Morgan fingerprint density at radius 1 is 1.44 bits per heavy atom. The summed E-state index contributed by atoms with van der Waals surface area (Å²) in [5.74, 6) is -2.19. The number of ketones is 1. The number of carbonyl (C=O) groups excluding carboxylic acids is 2. The molecule has 3 heterocycles. The van der Waals surface area contributed by atoms with Crippen molar-refractivity contribution in [1.82, 2.24) is 14.9 Å². The number of nitrogens with one attached hydrogen (secondary N) is 1. The molecule has 9 nitrogen and oxygen atoms in total. The van der Waals surface area contributed by atoms with E-state index in [1.54, 1.807) is 20.9 Å². The Bertz CT molecular complexity index is 1280. The lowest BCUT2D eigenvalue weighted by molar-refractivity contribution is -0.125. The molecule has 0 unspecified atom stereocenters. The van der Waals surface area contributed by atoms with Crippen molar-refractivity contribution in [3.8, 4) is 11.5 Å². The average Bonchev–Trinajstić information content (AvgIpc) is 2.81. The Labute approximate surface area is 195 Å². The number of hydrogen-bond acceptors (Lipinski definition) is 8. The molecule has 0 amide bonds. The number of aromatic nitrogens is 2. The average molecular weight is 471 g/mol. The van der Waals surface area contributed by atoms with Crippen molar-refractivity contribution in [2.24, 2.45) is 0 Å². The highest BCUT2D eigenvalue weighted by Gasteiger charge is 2.34. The smallest absolute Gasteiger partial charge is 0.347 e. The number of Topliss-reactive ketones (excluding diaryl/α,β-unsaturated/α-hetero) is 1. The number of ether oxygens (including phenoxy) is 2. The van der Waals surface area contributed by atoms with E-state index in [-0.39, 0.29) is 48.7 Å². The van der Waals surface area contributed by atoms with Crippen LogP contribution in [0.5, 0.6) is 11.5 Å². The highest BCUT2D eigenvalue weighted by Crippen LogP contribution is 2.37. The van der Waals surface area contributed by atoms with Gasteiger partial charge in [-0.05, 0) is 27.0 Å². The SMILES string of the molecule is C=C(/C=C\C(F)=C/C)Cc1cnc2c(O)c(C(=O)OCC)c(=O)n3c2c1O[C@H](C(=O)CNC)C3. The predicted molar refractivity (Wildman–Crippen MR) is 124 cm³/mol. The van der Waals surface area contributed by atoms with Crippen LogP contribution in [0.1, 0.15) is 29.8 Å². The van der Waals surface area contributed by atoms with Crippen molar-refractivity contribution < 1.29 is 28.6 Å². The first kappa shape index (κ1) is 24.8. The number of allylic oxidation sites excluding steroid dienone is 5. The van der Waals surface area contributed by atoms with E-state index in [4.69, 9.17) is 9.47 Å². The molecule has 0 fully saturated rings. The number of aromatic hydroxyl groups is 1. The molecule has 0 aliphatic carbocycles. The van der Waals surface area contributed by atoms with Crippen molar-refractivity contribution >= 4 is 22.8 Å². The van der Waals surface area contributed by atoms with Gasteiger partial charge in [0.1, 0.15) is 16.9 Å². The normalized spacial score (nSPS) is 15.4. The lowest BCUT2D eigenvalue weighted by Crippen LogP contribution is -2.43. The van der Waals surface area contributed by atoms with Gasteiger partial charge in [-0.1, -0.05) is 24.3 Å². The quantitative estimate of drug-likeness (QED) is 0.423. The minimum absolute atomic E-state index is 0.000791. The molecule has 0 spiro atoms. The Kier molecular flexibility index (Phi) is 7.62. The van der Waals surface area contributed by atoms with E-state index < -0.39 is 34.8 Å². The van der Waals surface area contributed by atoms with Gasteiger partial charge in [-0.15, -0.1) is 0 Å². The summed E-state index contributed by atoms with van der Waals surface area (Å²) >= 11 is 0. The van der Waals surface area contributed by atoms with Crippen molar-refractivity contribution in [2.45, 2.75) is 32.9 Å². The molecule has 10 heteroatoms. The van der Waals surface area contributed by atoms with Crippen LogP contribution in [0, 0.1) is 0 Å². The molecule has 2 aromatic heterocycles. The summed E-state index contributed by atoms with van der Waals surface area (Å²) < 4.78 is 25.6. The van der Waals surface area contributed by atoms with E-state index >= 15 is 0 Å². The van der Waals surface area contributed by atoms with Crippen LogP contribution in [-0.2, 0) is 22.5 Å². The molecule has 2 N–H and O–H groups in total. The van der Waals surface area contributed by atoms with Crippen LogP contribution < -0.4 is 15.6 Å². The van der Waals surface area contributed by atoms with Crippen LogP contribution in [0.15, 0.2) is 47.2 Å². The summed E-state index contributed by atoms with van der Waals surface area (Å²) in [5.41, 5.74) is -0.274. The predicted octanol–water partition coefficient (Wildman–Crippen LogP) is 2.36. The number of pyridine rings is 2. The fourth-order valence-corrected chi connectivity index (χ4v) is 3.62. The molecule has 0 saturated heterocycles. The molecule has 0 saturated carbocycles. The molecule has 34 heavy (non-hydrogen) atoms. The molecule has 1 aliphatic rings. The van der Waals surface area contributed by atoms with Gasteiger partial charge in [0.25, 0.3) is 5.56 Å². The van der Waals surface area contributed by atoms with E-state index in [0.29, 0.717) is 11.1 Å². The van der Waals surface area contributed by atoms with Crippen LogP contribution in [0.25, 0.3) is 11.0 Å². The van der Waals surface area contributed by atoms with Gasteiger partial charge in [-0.3, -0.25) is 19.1 Å². The van der Waals surface area contributed by atoms with Crippen molar-refractivity contribution in [1.29, 1.82) is 0 Å². The Morgan fingerprint density at radius 2 is 2.18 bits per heavy atom. The van der Waals surface area contributed by atoms with E-state index in [9.17, 15) is 23.9 Å². The number of nitrogens with zero attached hydrogens (tertiary/aromatic N) is 2. The van der Waals surface area contributed by atoms with E-state index in [2.05, 4.69) is 16.9 Å². The molecule has 0 radical (unpaired) electrons. The largest absolute Gasteiger partial charge is 0.505 e. The van der Waals surface area contributed by atoms with Gasteiger partial charge in [-0.25, -0.2) is 9.18 Å².